The Hall–Kier alpha value is -2.68. The van der Waals surface area contributed by atoms with E-state index in [-0.39, 0.29) is 52.9 Å². The van der Waals surface area contributed by atoms with E-state index in [1.807, 2.05) is 0 Å². The van der Waals surface area contributed by atoms with Crippen LogP contribution >= 0.6 is 0 Å². The summed E-state index contributed by atoms with van der Waals surface area (Å²) in [6.07, 6.45) is -2.45. The number of carboxylic acids is 1. The molecule has 0 radical (unpaired) electrons. The zero-order valence-electron chi connectivity index (χ0n) is 17.5. The molecule has 0 N–H and O–H groups in total. The number of benzene rings is 3. The molecule has 0 atom stereocenters. The van der Waals surface area contributed by atoms with E-state index in [0.29, 0.717) is 17.4 Å². The standard InChI is InChI=1S/C24H17F5O3.Na/c25-21-14-18(24(27,28)29)10-9-15(21)6-3-11-32-19-7-1-4-16(12-19)20-8-2-5-17(23(20)26)13-22(30)31;/h1-10,12,14H,11,13H2,(H,30,31);/q;+1/p-1/b6-3+;. The predicted molar refractivity (Wildman–Crippen MR) is 106 cm³/mol. The summed E-state index contributed by atoms with van der Waals surface area (Å²) in [5.74, 6) is -2.71. The molecule has 0 unspecified atom stereocenters. The largest absolute Gasteiger partial charge is 1.00 e. The Bertz CT molecular complexity index is 1160. The van der Waals surface area contributed by atoms with Gasteiger partial charge in [-0.3, -0.25) is 0 Å². The first-order chi connectivity index (χ1) is 15.1. The molecule has 0 aromatic heterocycles. The third-order valence-corrected chi connectivity index (χ3v) is 4.53. The fourth-order valence-corrected chi connectivity index (χ4v) is 3.01. The van der Waals surface area contributed by atoms with E-state index in [9.17, 15) is 31.9 Å². The number of hydrogen-bond donors (Lipinski definition) is 0. The zero-order valence-corrected chi connectivity index (χ0v) is 19.5. The molecule has 0 saturated carbocycles. The zero-order chi connectivity index (χ0) is 23.3. The van der Waals surface area contributed by atoms with Gasteiger partial charge in [-0.1, -0.05) is 42.5 Å². The number of carbonyl (C=O) groups excluding carboxylic acids is 1. The number of halogens is 5. The van der Waals surface area contributed by atoms with E-state index in [4.69, 9.17) is 4.74 Å². The first-order valence-electron chi connectivity index (χ1n) is 9.39. The Balaban J connectivity index is 0.00000385. The molecule has 0 aliphatic carbocycles. The van der Waals surface area contributed by atoms with Gasteiger partial charge < -0.3 is 14.6 Å². The topological polar surface area (TPSA) is 49.4 Å². The summed E-state index contributed by atoms with van der Waals surface area (Å²) in [6, 6.07) is 13.0. The molecule has 3 aromatic carbocycles. The molecule has 0 bridgehead atoms. The van der Waals surface area contributed by atoms with E-state index in [0.717, 1.165) is 12.1 Å². The number of hydrogen-bond acceptors (Lipinski definition) is 3. The van der Waals surface area contributed by atoms with Gasteiger partial charge in [0.25, 0.3) is 0 Å². The van der Waals surface area contributed by atoms with Gasteiger partial charge in [-0.15, -0.1) is 0 Å². The maximum atomic E-state index is 14.6. The first kappa shape index (κ1) is 26.6. The molecule has 9 heteroatoms. The van der Waals surface area contributed by atoms with E-state index in [1.54, 1.807) is 24.3 Å². The van der Waals surface area contributed by atoms with Crippen molar-refractivity contribution in [1.82, 2.24) is 0 Å². The minimum absolute atomic E-state index is 0. The van der Waals surface area contributed by atoms with Gasteiger partial charge in [-0.2, -0.15) is 13.2 Å². The SMILES string of the molecule is O=C([O-])Cc1cccc(-c2cccc(OC/C=C/c3ccc(C(F)(F)F)cc3F)c2)c1F.[Na+]. The normalized spacial score (nSPS) is 11.3. The van der Waals surface area contributed by atoms with Crippen LogP contribution in [0.15, 0.2) is 66.7 Å². The van der Waals surface area contributed by atoms with E-state index >= 15 is 0 Å². The van der Waals surface area contributed by atoms with Gasteiger partial charge in [0.2, 0.25) is 0 Å². The summed E-state index contributed by atoms with van der Waals surface area (Å²) in [7, 11) is 0. The first-order valence-corrected chi connectivity index (χ1v) is 9.39. The van der Waals surface area contributed by atoms with E-state index in [1.165, 1.54) is 30.4 Å². The monoisotopic (exact) mass is 470 g/mol. The Labute approximate surface area is 208 Å². The van der Waals surface area contributed by atoms with Crippen molar-refractivity contribution in [3.63, 3.8) is 0 Å². The Kier molecular flexibility index (Phi) is 9.22. The summed E-state index contributed by atoms with van der Waals surface area (Å²) in [5, 5.41) is 10.8. The van der Waals surface area contributed by atoms with Crippen LogP contribution in [0, 0.1) is 11.6 Å². The van der Waals surface area contributed by atoms with Crippen LogP contribution in [0.2, 0.25) is 0 Å². The summed E-state index contributed by atoms with van der Waals surface area (Å²) in [5.41, 5.74) is -0.455. The van der Waals surface area contributed by atoms with Gasteiger partial charge in [0, 0.05) is 23.5 Å². The molecule has 3 nitrogen and oxygen atoms in total. The minimum atomic E-state index is -4.62. The second kappa shape index (κ2) is 11.4. The van der Waals surface area contributed by atoms with Crippen molar-refractivity contribution < 1.29 is 66.1 Å². The van der Waals surface area contributed by atoms with Gasteiger partial charge in [-0.25, -0.2) is 8.78 Å². The number of alkyl halides is 3. The second-order valence-electron chi connectivity index (χ2n) is 6.80. The van der Waals surface area contributed by atoms with Gasteiger partial charge in [0.15, 0.2) is 0 Å². The fraction of sp³-hybridized carbons (Fsp3) is 0.125. The molecule has 33 heavy (non-hydrogen) atoms. The fourth-order valence-electron chi connectivity index (χ4n) is 3.01. The minimum Gasteiger partial charge on any atom is -0.550 e. The van der Waals surface area contributed by atoms with Crippen LogP contribution in [0.4, 0.5) is 22.0 Å². The van der Waals surface area contributed by atoms with Crippen molar-refractivity contribution in [2.24, 2.45) is 0 Å². The quantitative estimate of drug-likeness (QED) is 0.393. The Morgan fingerprint density at radius 1 is 1.00 bits per heavy atom. The summed E-state index contributed by atoms with van der Waals surface area (Å²) >= 11 is 0. The number of carboxylic acid groups (broad SMARTS) is 1. The van der Waals surface area contributed by atoms with Crippen molar-refractivity contribution in [2.45, 2.75) is 12.6 Å². The van der Waals surface area contributed by atoms with Crippen LogP contribution in [-0.4, -0.2) is 12.6 Å². The van der Waals surface area contributed by atoms with Crippen molar-refractivity contribution >= 4 is 12.0 Å². The van der Waals surface area contributed by atoms with Crippen LogP contribution < -0.4 is 39.4 Å². The summed E-state index contributed by atoms with van der Waals surface area (Å²) in [4.78, 5) is 10.8. The Morgan fingerprint density at radius 3 is 2.39 bits per heavy atom. The van der Waals surface area contributed by atoms with Crippen LogP contribution in [0.5, 0.6) is 5.75 Å². The van der Waals surface area contributed by atoms with Crippen LogP contribution in [0.1, 0.15) is 16.7 Å². The summed E-state index contributed by atoms with van der Waals surface area (Å²) in [6.45, 7) is -0.0167. The van der Waals surface area contributed by atoms with Crippen molar-refractivity contribution in [2.75, 3.05) is 6.61 Å². The predicted octanol–water partition coefficient (Wildman–Crippen LogP) is 2.04. The molecule has 3 rings (SSSR count). The van der Waals surface area contributed by atoms with Crippen molar-refractivity contribution in [1.29, 1.82) is 0 Å². The number of ether oxygens (including phenoxy) is 1. The molecular weight excluding hydrogens is 454 g/mol. The van der Waals surface area contributed by atoms with Gasteiger partial charge >= 0.3 is 35.7 Å². The summed E-state index contributed by atoms with van der Waals surface area (Å²) < 4.78 is 71.8. The molecule has 0 aliphatic heterocycles. The Morgan fingerprint density at radius 2 is 1.73 bits per heavy atom. The molecule has 0 amide bonds. The van der Waals surface area contributed by atoms with Crippen molar-refractivity contribution in [3.05, 3.63) is 95.1 Å². The molecule has 0 saturated heterocycles. The maximum absolute atomic E-state index is 14.6. The van der Waals surface area contributed by atoms with Crippen LogP contribution in [0.25, 0.3) is 17.2 Å². The molecule has 0 heterocycles. The average molecular weight is 470 g/mol. The van der Waals surface area contributed by atoms with E-state index in [2.05, 4.69) is 0 Å². The van der Waals surface area contributed by atoms with Crippen LogP contribution in [0.3, 0.4) is 0 Å². The molecule has 166 valence electrons. The molecule has 0 fully saturated rings. The number of carbonyl (C=O) groups is 1. The average Bonchev–Trinajstić information content (AvgIpc) is 2.73. The third-order valence-electron chi connectivity index (χ3n) is 4.53. The van der Waals surface area contributed by atoms with Gasteiger partial charge in [-0.05, 0) is 41.5 Å². The number of rotatable bonds is 7. The molecule has 3 aromatic rings. The number of aliphatic carboxylic acids is 1. The maximum Gasteiger partial charge on any atom is 1.00 e. The van der Waals surface area contributed by atoms with E-state index < -0.39 is 35.8 Å². The third kappa shape index (κ3) is 7.15. The smallest absolute Gasteiger partial charge is 0.550 e. The molecule has 0 aliphatic rings. The van der Waals surface area contributed by atoms with Crippen molar-refractivity contribution in [3.8, 4) is 16.9 Å². The second-order valence-corrected chi connectivity index (χ2v) is 6.80. The molecular formula is C24H16F5NaO3. The van der Waals surface area contributed by atoms with Gasteiger partial charge in [0.1, 0.15) is 24.0 Å². The van der Waals surface area contributed by atoms with Gasteiger partial charge in [0.05, 0.1) is 5.56 Å². The molecule has 0 spiro atoms. The van der Waals surface area contributed by atoms with Crippen LogP contribution in [-0.2, 0) is 17.4 Å².